The van der Waals surface area contributed by atoms with Crippen molar-refractivity contribution in [2.75, 3.05) is 13.2 Å². The molecule has 0 saturated carbocycles. The average Bonchev–Trinajstić information content (AvgIpc) is 2.33. The molecule has 0 fully saturated rings. The summed E-state index contributed by atoms with van der Waals surface area (Å²) in [5.74, 6) is -0.259. The Kier molecular flexibility index (Phi) is 4.76. The molecular formula is C12H12F3NO2. The minimum Gasteiger partial charge on any atom is -0.490 e. The van der Waals surface area contributed by atoms with E-state index in [1.807, 2.05) is 0 Å². The van der Waals surface area contributed by atoms with E-state index in [1.165, 1.54) is 24.3 Å². The van der Waals surface area contributed by atoms with Gasteiger partial charge in [-0.05, 0) is 24.3 Å². The normalized spacial score (nSPS) is 10.8. The third kappa shape index (κ3) is 4.90. The van der Waals surface area contributed by atoms with Crippen LogP contribution in [-0.4, -0.2) is 25.2 Å². The SMILES string of the molecule is C=CCOc1ccc(C(=O)NCC(F)(F)F)cc1. The van der Waals surface area contributed by atoms with Crippen molar-refractivity contribution in [2.45, 2.75) is 6.18 Å². The van der Waals surface area contributed by atoms with Crippen molar-refractivity contribution in [3.8, 4) is 5.75 Å². The van der Waals surface area contributed by atoms with Crippen LogP contribution < -0.4 is 10.1 Å². The molecule has 3 nitrogen and oxygen atoms in total. The van der Waals surface area contributed by atoms with Gasteiger partial charge in [0.1, 0.15) is 18.9 Å². The molecule has 1 rings (SSSR count). The maximum Gasteiger partial charge on any atom is 0.405 e. The number of nitrogens with one attached hydrogen (secondary N) is 1. The Morgan fingerprint density at radius 3 is 2.44 bits per heavy atom. The molecule has 18 heavy (non-hydrogen) atoms. The molecule has 0 bridgehead atoms. The van der Waals surface area contributed by atoms with Crippen LogP contribution in [0.15, 0.2) is 36.9 Å². The lowest BCUT2D eigenvalue weighted by atomic mass is 10.2. The summed E-state index contributed by atoms with van der Waals surface area (Å²) < 4.78 is 40.8. The van der Waals surface area contributed by atoms with Crippen LogP contribution in [0, 0.1) is 0 Å². The summed E-state index contributed by atoms with van der Waals surface area (Å²) in [5, 5.41) is 1.78. The molecule has 0 unspecified atom stereocenters. The standard InChI is InChI=1S/C12H12F3NO2/c1-2-7-18-10-5-3-9(4-6-10)11(17)16-8-12(13,14)15/h2-6H,1,7-8H2,(H,16,17). The molecule has 0 aliphatic heterocycles. The zero-order valence-electron chi connectivity index (χ0n) is 9.46. The molecule has 0 spiro atoms. The van der Waals surface area contributed by atoms with Crippen LogP contribution in [0.2, 0.25) is 0 Å². The molecule has 0 saturated heterocycles. The van der Waals surface area contributed by atoms with Crippen LogP contribution in [0.1, 0.15) is 10.4 Å². The van der Waals surface area contributed by atoms with E-state index in [4.69, 9.17) is 4.74 Å². The molecule has 0 atom stereocenters. The van der Waals surface area contributed by atoms with Crippen molar-refractivity contribution in [1.82, 2.24) is 5.32 Å². The van der Waals surface area contributed by atoms with E-state index in [-0.39, 0.29) is 5.56 Å². The molecule has 0 radical (unpaired) electrons. The molecule has 1 aromatic carbocycles. The second-order valence-electron chi connectivity index (χ2n) is 3.42. The highest BCUT2D eigenvalue weighted by Gasteiger charge is 2.27. The third-order valence-electron chi connectivity index (χ3n) is 1.93. The molecule has 6 heteroatoms. The monoisotopic (exact) mass is 259 g/mol. The molecule has 1 amide bonds. The van der Waals surface area contributed by atoms with Crippen LogP contribution in [0.4, 0.5) is 13.2 Å². The predicted molar refractivity (Wildman–Crippen MR) is 60.5 cm³/mol. The predicted octanol–water partition coefficient (Wildman–Crippen LogP) is 2.54. The largest absolute Gasteiger partial charge is 0.490 e. The topological polar surface area (TPSA) is 38.3 Å². The fourth-order valence-electron chi connectivity index (χ4n) is 1.14. The quantitative estimate of drug-likeness (QED) is 0.825. The average molecular weight is 259 g/mol. The highest BCUT2D eigenvalue weighted by atomic mass is 19.4. The first-order valence-corrected chi connectivity index (χ1v) is 5.11. The van der Waals surface area contributed by atoms with E-state index in [0.717, 1.165) is 0 Å². The minimum absolute atomic E-state index is 0.144. The van der Waals surface area contributed by atoms with Crippen molar-refractivity contribution >= 4 is 5.91 Å². The Morgan fingerprint density at radius 1 is 1.33 bits per heavy atom. The lowest BCUT2D eigenvalue weighted by molar-refractivity contribution is -0.123. The van der Waals surface area contributed by atoms with Crippen molar-refractivity contribution in [2.24, 2.45) is 0 Å². The van der Waals surface area contributed by atoms with Gasteiger partial charge in [0.25, 0.3) is 5.91 Å². The van der Waals surface area contributed by atoms with E-state index >= 15 is 0 Å². The molecule has 0 aromatic heterocycles. The van der Waals surface area contributed by atoms with Crippen molar-refractivity contribution in [3.05, 3.63) is 42.5 Å². The van der Waals surface area contributed by atoms with Crippen LogP contribution in [-0.2, 0) is 0 Å². The zero-order chi connectivity index (χ0) is 13.6. The summed E-state index contributed by atoms with van der Waals surface area (Å²) in [6, 6.07) is 5.80. The Labute approximate surface area is 102 Å². The van der Waals surface area contributed by atoms with Crippen LogP contribution in [0.25, 0.3) is 0 Å². The molecule has 98 valence electrons. The Balaban J connectivity index is 2.56. The van der Waals surface area contributed by atoms with Gasteiger partial charge < -0.3 is 10.1 Å². The fraction of sp³-hybridized carbons (Fsp3) is 0.250. The number of carbonyl (C=O) groups excluding carboxylic acids is 1. The highest BCUT2D eigenvalue weighted by Crippen LogP contribution is 2.14. The number of hydrogen-bond donors (Lipinski definition) is 1. The smallest absolute Gasteiger partial charge is 0.405 e. The van der Waals surface area contributed by atoms with Crippen LogP contribution in [0.5, 0.6) is 5.75 Å². The summed E-state index contributed by atoms with van der Waals surface area (Å²) >= 11 is 0. The zero-order valence-corrected chi connectivity index (χ0v) is 9.46. The molecule has 0 aliphatic rings. The van der Waals surface area contributed by atoms with E-state index < -0.39 is 18.6 Å². The van der Waals surface area contributed by atoms with Gasteiger partial charge in [0.15, 0.2) is 0 Å². The lowest BCUT2D eigenvalue weighted by Gasteiger charge is -2.08. The number of rotatable bonds is 5. The highest BCUT2D eigenvalue weighted by molar-refractivity contribution is 5.94. The van der Waals surface area contributed by atoms with E-state index in [9.17, 15) is 18.0 Å². The van der Waals surface area contributed by atoms with Gasteiger partial charge in [0.05, 0.1) is 0 Å². The van der Waals surface area contributed by atoms with Crippen molar-refractivity contribution < 1.29 is 22.7 Å². The first kappa shape index (κ1) is 14.1. The van der Waals surface area contributed by atoms with E-state index in [2.05, 4.69) is 6.58 Å². The number of benzene rings is 1. The fourth-order valence-corrected chi connectivity index (χ4v) is 1.14. The molecular weight excluding hydrogens is 247 g/mol. The summed E-state index contributed by atoms with van der Waals surface area (Å²) in [4.78, 5) is 11.3. The second-order valence-corrected chi connectivity index (χ2v) is 3.42. The van der Waals surface area contributed by atoms with Gasteiger partial charge in [-0.3, -0.25) is 4.79 Å². The number of carbonyl (C=O) groups is 1. The van der Waals surface area contributed by atoms with Gasteiger partial charge in [-0.1, -0.05) is 12.7 Å². The minimum atomic E-state index is -4.41. The number of alkyl halides is 3. The number of ether oxygens (including phenoxy) is 1. The second kappa shape index (κ2) is 6.09. The van der Waals surface area contributed by atoms with E-state index in [0.29, 0.717) is 12.4 Å². The first-order valence-electron chi connectivity index (χ1n) is 5.11. The first-order chi connectivity index (χ1) is 8.42. The maximum atomic E-state index is 11.9. The molecule has 1 aromatic rings. The lowest BCUT2D eigenvalue weighted by Crippen LogP contribution is -2.33. The number of hydrogen-bond acceptors (Lipinski definition) is 2. The van der Waals surface area contributed by atoms with Gasteiger partial charge in [-0.15, -0.1) is 0 Å². The van der Waals surface area contributed by atoms with Crippen molar-refractivity contribution in [3.63, 3.8) is 0 Å². The van der Waals surface area contributed by atoms with Crippen LogP contribution >= 0.6 is 0 Å². The van der Waals surface area contributed by atoms with Crippen LogP contribution in [0.3, 0.4) is 0 Å². The molecule has 1 N–H and O–H groups in total. The summed E-state index contributed by atoms with van der Waals surface area (Å²) in [5.41, 5.74) is 0.144. The number of amides is 1. The Hall–Kier alpha value is -1.98. The van der Waals surface area contributed by atoms with Gasteiger partial charge in [0, 0.05) is 5.56 Å². The van der Waals surface area contributed by atoms with Gasteiger partial charge >= 0.3 is 6.18 Å². The third-order valence-corrected chi connectivity index (χ3v) is 1.93. The van der Waals surface area contributed by atoms with Gasteiger partial charge in [0.2, 0.25) is 0 Å². The molecule has 0 heterocycles. The summed E-state index contributed by atoms with van der Waals surface area (Å²) in [7, 11) is 0. The number of halogens is 3. The summed E-state index contributed by atoms with van der Waals surface area (Å²) in [6.45, 7) is 2.45. The summed E-state index contributed by atoms with van der Waals surface area (Å²) in [6.07, 6.45) is -2.85. The van der Waals surface area contributed by atoms with Gasteiger partial charge in [-0.25, -0.2) is 0 Å². The molecule has 0 aliphatic carbocycles. The Bertz CT molecular complexity index is 412. The maximum absolute atomic E-state index is 11.9. The van der Waals surface area contributed by atoms with Crippen molar-refractivity contribution in [1.29, 1.82) is 0 Å². The van der Waals surface area contributed by atoms with Gasteiger partial charge in [-0.2, -0.15) is 13.2 Å². The Morgan fingerprint density at radius 2 is 1.94 bits per heavy atom. The van der Waals surface area contributed by atoms with E-state index in [1.54, 1.807) is 11.4 Å².